The van der Waals surface area contributed by atoms with Gasteiger partial charge in [-0.2, -0.15) is 0 Å². The molecule has 0 aliphatic rings. The maximum absolute atomic E-state index is 10.7. The highest BCUT2D eigenvalue weighted by Gasteiger charge is 2.10. The average molecular weight is 505 g/mol. The van der Waals surface area contributed by atoms with Crippen LogP contribution < -0.4 is 4.74 Å². The van der Waals surface area contributed by atoms with Gasteiger partial charge < -0.3 is 14.9 Å². The van der Waals surface area contributed by atoms with Gasteiger partial charge in [0.1, 0.15) is 5.75 Å². The van der Waals surface area contributed by atoms with E-state index in [0.29, 0.717) is 0 Å². The molecule has 0 radical (unpaired) electrons. The SMILES string of the molecule is CCCCCCCCCOc1cccc(CCCCCCCC(=O)O)c1CCCCCCCC(=O)O. The molecular weight excluding hydrogens is 452 g/mol. The van der Waals surface area contributed by atoms with E-state index in [1.165, 1.54) is 49.7 Å². The summed E-state index contributed by atoms with van der Waals surface area (Å²) in [5.41, 5.74) is 2.75. The van der Waals surface area contributed by atoms with Crippen LogP contribution in [-0.4, -0.2) is 28.8 Å². The number of carboxylic acids is 2. The standard InChI is InChI=1S/C31H52O5/c1-2-3-4-5-6-13-18-26-36-29-23-19-21-27(20-14-9-7-11-16-24-30(32)33)28(29)22-15-10-8-12-17-25-31(34)35/h19,21,23H,2-18,20,22,24-26H2,1H3,(H,32,33)(H,34,35). The maximum Gasteiger partial charge on any atom is 0.303 e. The first kappa shape index (κ1) is 32.0. The van der Waals surface area contributed by atoms with Crippen LogP contribution in [0.15, 0.2) is 18.2 Å². The molecule has 0 aliphatic carbocycles. The quantitative estimate of drug-likeness (QED) is 0.130. The van der Waals surface area contributed by atoms with Gasteiger partial charge in [-0.15, -0.1) is 0 Å². The first-order valence-corrected chi connectivity index (χ1v) is 14.7. The zero-order chi connectivity index (χ0) is 26.3. The maximum atomic E-state index is 10.7. The van der Waals surface area contributed by atoms with Gasteiger partial charge in [0.15, 0.2) is 0 Å². The van der Waals surface area contributed by atoms with E-state index in [9.17, 15) is 9.59 Å². The largest absolute Gasteiger partial charge is 0.493 e. The minimum atomic E-state index is -0.700. The van der Waals surface area contributed by atoms with Crippen LogP contribution in [0.3, 0.4) is 0 Å². The monoisotopic (exact) mass is 504 g/mol. The molecule has 5 nitrogen and oxygen atoms in total. The van der Waals surface area contributed by atoms with Crippen molar-refractivity contribution in [2.75, 3.05) is 6.61 Å². The van der Waals surface area contributed by atoms with Gasteiger partial charge in [0, 0.05) is 12.8 Å². The molecule has 1 aromatic rings. The summed E-state index contributed by atoms with van der Waals surface area (Å²) in [6, 6.07) is 6.49. The van der Waals surface area contributed by atoms with Gasteiger partial charge in [0.2, 0.25) is 0 Å². The van der Waals surface area contributed by atoms with Gasteiger partial charge >= 0.3 is 11.9 Å². The topological polar surface area (TPSA) is 83.8 Å². The Kier molecular flexibility index (Phi) is 19.7. The van der Waals surface area contributed by atoms with Crippen LogP contribution >= 0.6 is 0 Å². The molecule has 0 spiro atoms. The van der Waals surface area contributed by atoms with Crippen molar-refractivity contribution in [3.05, 3.63) is 29.3 Å². The van der Waals surface area contributed by atoms with Crippen LogP contribution in [0.2, 0.25) is 0 Å². The molecule has 2 N–H and O–H groups in total. The minimum absolute atomic E-state index is 0.274. The number of aryl methyl sites for hydroxylation is 1. The molecule has 1 aromatic carbocycles. The lowest BCUT2D eigenvalue weighted by Gasteiger charge is -2.16. The highest BCUT2D eigenvalue weighted by Crippen LogP contribution is 2.27. The first-order valence-electron chi connectivity index (χ1n) is 14.7. The van der Waals surface area contributed by atoms with Crippen LogP contribution in [-0.2, 0) is 22.4 Å². The third-order valence-electron chi connectivity index (χ3n) is 6.89. The number of carboxylic acid groups (broad SMARTS) is 2. The molecule has 0 bridgehead atoms. The molecule has 0 aromatic heterocycles. The second kappa shape index (κ2) is 22.2. The van der Waals surface area contributed by atoms with E-state index in [2.05, 4.69) is 25.1 Å². The Bertz CT molecular complexity index is 700. The van der Waals surface area contributed by atoms with Crippen molar-refractivity contribution < 1.29 is 24.5 Å². The Balaban J connectivity index is 2.51. The van der Waals surface area contributed by atoms with Gasteiger partial charge in [0.05, 0.1) is 6.61 Å². The van der Waals surface area contributed by atoms with Gasteiger partial charge in [-0.05, 0) is 62.1 Å². The predicted octanol–water partition coefficient (Wildman–Crippen LogP) is 8.75. The van der Waals surface area contributed by atoms with Crippen molar-refractivity contribution in [3.8, 4) is 5.75 Å². The second-order valence-electron chi connectivity index (χ2n) is 10.2. The zero-order valence-electron chi connectivity index (χ0n) is 22.9. The lowest BCUT2D eigenvalue weighted by atomic mass is 9.95. The summed E-state index contributed by atoms with van der Waals surface area (Å²) in [5.74, 6) is -0.353. The van der Waals surface area contributed by atoms with Crippen LogP contribution in [0.1, 0.15) is 140 Å². The second-order valence-corrected chi connectivity index (χ2v) is 10.2. The number of hydrogen-bond acceptors (Lipinski definition) is 3. The van der Waals surface area contributed by atoms with Crippen molar-refractivity contribution in [2.45, 2.75) is 142 Å². The fourth-order valence-electron chi connectivity index (χ4n) is 4.74. The molecule has 0 atom stereocenters. The molecule has 0 saturated carbocycles. The summed E-state index contributed by atoms with van der Waals surface area (Å²) < 4.78 is 6.29. The molecule has 0 unspecified atom stereocenters. The molecule has 0 aliphatic heterocycles. The third kappa shape index (κ3) is 17.4. The number of aliphatic carboxylic acids is 2. The van der Waals surface area contributed by atoms with Gasteiger partial charge in [0.25, 0.3) is 0 Å². The predicted molar refractivity (Wildman–Crippen MR) is 148 cm³/mol. The molecule has 5 heteroatoms. The fraction of sp³-hybridized carbons (Fsp3) is 0.742. The molecule has 36 heavy (non-hydrogen) atoms. The number of unbranched alkanes of at least 4 members (excludes halogenated alkanes) is 14. The van der Waals surface area contributed by atoms with E-state index in [-0.39, 0.29) is 12.8 Å². The van der Waals surface area contributed by atoms with Crippen molar-refractivity contribution in [2.24, 2.45) is 0 Å². The fourth-order valence-corrected chi connectivity index (χ4v) is 4.74. The first-order chi connectivity index (χ1) is 17.5. The van der Waals surface area contributed by atoms with E-state index in [1.54, 1.807) is 0 Å². The summed E-state index contributed by atoms with van der Waals surface area (Å²) in [6.07, 6.45) is 21.7. The summed E-state index contributed by atoms with van der Waals surface area (Å²) in [6.45, 7) is 3.03. The minimum Gasteiger partial charge on any atom is -0.493 e. The molecule has 0 fully saturated rings. The van der Waals surface area contributed by atoms with Gasteiger partial charge in [-0.3, -0.25) is 9.59 Å². The van der Waals surface area contributed by atoms with Crippen molar-refractivity contribution >= 4 is 11.9 Å². The van der Waals surface area contributed by atoms with Crippen molar-refractivity contribution in [1.82, 2.24) is 0 Å². The average Bonchev–Trinajstić information content (AvgIpc) is 2.85. The zero-order valence-corrected chi connectivity index (χ0v) is 22.9. The summed E-state index contributed by atoms with van der Waals surface area (Å²) in [4.78, 5) is 21.3. The number of ether oxygens (including phenoxy) is 1. The number of benzene rings is 1. The Hall–Kier alpha value is -2.04. The normalized spacial score (nSPS) is 11.0. The Labute approximate surface area is 220 Å². The Morgan fingerprint density at radius 2 is 1.14 bits per heavy atom. The van der Waals surface area contributed by atoms with E-state index < -0.39 is 11.9 Å². The lowest BCUT2D eigenvalue weighted by molar-refractivity contribution is -0.138. The van der Waals surface area contributed by atoms with E-state index >= 15 is 0 Å². The van der Waals surface area contributed by atoms with Crippen LogP contribution in [0.5, 0.6) is 5.75 Å². The van der Waals surface area contributed by atoms with Crippen LogP contribution in [0.4, 0.5) is 0 Å². The summed E-state index contributed by atoms with van der Waals surface area (Å²) in [5, 5.41) is 17.6. The van der Waals surface area contributed by atoms with Gasteiger partial charge in [-0.25, -0.2) is 0 Å². The Morgan fingerprint density at radius 1 is 0.639 bits per heavy atom. The van der Waals surface area contributed by atoms with Crippen LogP contribution in [0, 0.1) is 0 Å². The number of carbonyl (C=O) groups is 2. The highest BCUT2D eigenvalue weighted by molar-refractivity contribution is 5.66. The third-order valence-corrected chi connectivity index (χ3v) is 6.89. The van der Waals surface area contributed by atoms with Crippen LogP contribution in [0.25, 0.3) is 0 Å². The number of rotatable bonds is 25. The van der Waals surface area contributed by atoms with Crippen molar-refractivity contribution in [1.29, 1.82) is 0 Å². The molecule has 0 heterocycles. The van der Waals surface area contributed by atoms with E-state index in [4.69, 9.17) is 14.9 Å². The molecular formula is C31H52O5. The lowest BCUT2D eigenvalue weighted by Crippen LogP contribution is -2.04. The van der Waals surface area contributed by atoms with Crippen molar-refractivity contribution in [3.63, 3.8) is 0 Å². The molecule has 0 saturated heterocycles. The molecule has 1 rings (SSSR count). The highest BCUT2D eigenvalue weighted by atomic mass is 16.5. The number of hydrogen-bond donors (Lipinski definition) is 2. The summed E-state index contributed by atoms with van der Waals surface area (Å²) >= 11 is 0. The Morgan fingerprint density at radius 3 is 1.72 bits per heavy atom. The van der Waals surface area contributed by atoms with E-state index in [1.807, 2.05) is 0 Å². The smallest absolute Gasteiger partial charge is 0.303 e. The van der Waals surface area contributed by atoms with Gasteiger partial charge in [-0.1, -0.05) is 96.1 Å². The summed E-state index contributed by atoms with van der Waals surface area (Å²) in [7, 11) is 0. The molecule has 206 valence electrons. The molecule has 0 amide bonds. The van der Waals surface area contributed by atoms with E-state index in [0.717, 1.165) is 95.8 Å².